The van der Waals surface area contributed by atoms with Crippen molar-refractivity contribution >= 4 is 33.5 Å². The average molecular weight is 401 g/mol. The van der Waals surface area contributed by atoms with E-state index in [1.54, 1.807) is 19.2 Å². The lowest BCUT2D eigenvalue weighted by molar-refractivity contribution is 0.0954. The van der Waals surface area contributed by atoms with Crippen molar-refractivity contribution in [2.45, 2.75) is 6.42 Å². The predicted molar refractivity (Wildman–Crippen MR) is 105 cm³/mol. The maximum Gasteiger partial charge on any atom is 0.251 e. The first-order chi connectivity index (χ1) is 12.2. The number of nitrogens with one attached hydrogen (secondary N) is 2. The van der Waals surface area contributed by atoms with E-state index in [2.05, 4.69) is 54.7 Å². The van der Waals surface area contributed by atoms with Crippen LogP contribution < -0.4 is 15.5 Å². The monoisotopic (exact) mass is 400 g/mol. The number of anilines is 1. The van der Waals surface area contributed by atoms with Crippen LogP contribution in [-0.4, -0.2) is 38.5 Å². The molecule has 130 valence electrons. The highest BCUT2D eigenvalue weighted by Gasteiger charge is 2.22. The van der Waals surface area contributed by atoms with Gasteiger partial charge in [0.2, 0.25) is 0 Å². The Morgan fingerprint density at radius 1 is 1.12 bits per heavy atom. The molecule has 0 saturated heterocycles. The number of para-hydroxylation sites is 1. The molecule has 2 aromatic carbocycles. The average Bonchev–Trinajstić information content (AvgIpc) is 3.06. The van der Waals surface area contributed by atoms with Gasteiger partial charge in [-0.2, -0.15) is 0 Å². The fraction of sp³-hybridized carbons (Fsp3) is 0.263. The van der Waals surface area contributed by atoms with Gasteiger partial charge in [-0.15, -0.1) is 0 Å². The molecule has 6 heteroatoms. The molecule has 0 aromatic heterocycles. The summed E-state index contributed by atoms with van der Waals surface area (Å²) < 4.78 is 0.959. The highest BCUT2D eigenvalue weighted by Crippen LogP contribution is 2.27. The Morgan fingerprint density at radius 2 is 1.84 bits per heavy atom. The first-order valence-electron chi connectivity index (χ1n) is 8.29. The van der Waals surface area contributed by atoms with Crippen LogP contribution in [0.3, 0.4) is 0 Å². The summed E-state index contributed by atoms with van der Waals surface area (Å²) in [6, 6.07) is 15.7. The summed E-state index contributed by atoms with van der Waals surface area (Å²) in [4.78, 5) is 18.6. The van der Waals surface area contributed by atoms with Crippen molar-refractivity contribution in [3.8, 4) is 0 Å². The van der Waals surface area contributed by atoms with E-state index in [1.165, 1.54) is 11.3 Å². The third-order valence-electron chi connectivity index (χ3n) is 4.15. The lowest BCUT2D eigenvalue weighted by Crippen LogP contribution is -2.43. The minimum Gasteiger partial charge on any atom is -0.354 e. The van der Waals surface area contributed by atoms with E-state index in [0.29, 0.717) is 18.7 Å². The molecule has 3 rings (SSSR count). The number of amides is 1. The molecule has 0 bridgehead atoms. The van der Waals surface area contributed by atoms with Crippen LogP contribution in [0.25, 0.3) is 0 Å². The molecule has 0 aliphatic carbocycles. The van der Waals surface area contributed by atoms with Gasteiger partial charge in [-0.05, 0) is 42.3 Å². The molecule has 0 saturated carbocycles. The van der Waals surface area contributed by atoms with E-state index in [9.17, 15) is 4.79 Å². The van der Waals surface area contributed by atoms with Crippen LogP contribution in [-0.2, 0) is 6.42 Å². The van der Waals surface area contributed by atoms with E-state index >= 15 is 0 Å². The number of rotatable bonds is 4. The van der Waals surface area contributed by atoms with Gasteiger partial charge in [0.1, 0.15) is 0 Å². The number of nitrogens with zero attached hydrogens (tertiary/aromatic N) is 2. The summed E-state index contributed by atoms with van der Waals surface area (Å²) in [6.45, 7) is 2.07. The maximum atomic E-state index is 12.1. The number of fused-ring (bicyclic) bond motifs is 1. The second-order valence-corrected chi connectivity index (χ2v) is 6.68. The molecule has 0 atom stereocenters. The first kappa shape index (κ1) is 17.5. The number of guanidine groups is 1. The molecular weight excluding hydrogens is 380 g/mol. The molecule has 2 aromatic rings. The molecule has 0 fully saturated rings. The van der Waals surface area contributed by atoms with E-state index in [-0.39, 0.29) is 5.91 Å². The molecule has 0 unspecified atom stereocenters. The number of carbonyl (C=O) groups is 1. The fourth-order valence-corrected chi connectivity index (χ4v) is 3.17. The predicted octanol–water partition coefficient (Wildman–Crippen LogP) is 2.82. The number of aliphatic imine (C=N–C) groups is 1. The summed E-state index contributed by atoms with van der Waals surface area (Å²) in [5.74, 6) is 0.763. The summed E-state index contributed by atoms with van der Waals surface area (Å²) in [6.07, 6.45) is 1.02. The Kier molecular flexibility index (Phi) is 5.71. The Balaban J connectivity index is 1.50. The third kappa shape index (κ3) is 4.20. The van der Waals surface area contributed by atoms with Crippen molar-refractivity contribution in [1.82, 2.24) is 10.6 Å². The second kappa shape index (κ2) is 8.16. The summed E-state index contributed by atoms with van der Waals surface area (Å²) in [5, 5.41) is 6.24. The minimum absolute atomic E-state index is 0.0733. The van der Waals surface area contributed by atoms with Crippen molar-refractivity contribution in [1.29, 1.82) is 0 Å². The molecule has 1 amide bonds. The number of carbonyl (C=O) groups excluding carboxylic acids is 1. The van der Waals surface area contributed by atoms with Gasteiger partial charge in [0.15, 0.2) is 5.96 Å². The van der Waals surface area contributed by atoms with E-state index < -0.39 is 0 Å². The molecule has 1 aliphatic heterocycles. The van der Waals surface area contributed by atoms with E-state index in [1.807, 2.05) is 18.2 Å². The highest BCUT2D eigenvalue weighted by atomic mass is 79.9. The maximum absolute atomic E-state index is 12.1. The van der Waals surface area contributed by atoms with Crippen molar-refractivity contribution < 1.29 is 4.79 Å². The number of benzene rings is 2. The van der Waals surface area contributed by atoms with Crippen LogP contribution in [0.2, 0.25) is 0 Å². The van der Waals surface area contributed by atoms with Crippen molar-refractivity contribution in [2.24, 2.45) is 4.99 Å². The van der Waals surface area contributed by atoms with Crippen LogP contribution in [0, 0.1) is 0 Å². The van der Waals surface area contributed by atoms with Crippen LogP contribution >= 0.6 is 15.9 Å². The zero-order valence-electron chi connectivity index (χ0n) is 14.1. The highest BCUT2D eigenvalue weighted by molar-refractivity contribution is 9.10. The van der Waals surface area contributed by atoms with Gasteiger partial charge < -0.3 is 15.5 Å². The van der Waals surface area contributed by atoms with Gasteiger partial charge in [0.05, 0.1) is 0 Å². The van der Waals surface area contributed by atoms with Crippen LogP contribution in [0.1, 0.15) is 15.9 Å². The SMILES string of the molecule is CN=C(NCCNC(=O)c1ccc(Br)cc1)N1CCc2ccccc21. The third-order valence-corrected chi connectivity index (χ3v) is 4.68. The molecule has 25 heavy (non-hydrogen) atoms. The van der Waals surface area contributed by atoms with Crippen molar-refractivity contribution in [3.05, 3.63) is 64.1 Å². The van der Waals surface area contributed by atoms with Crippen LogP contribution in [0.5, 0.6) is 0 Å². The molecule has 1 aliphatic rings. The Hall–Kier alpha value is -2.34. The standard InChI is InChI=1S/C19H21BrN4O/c1-21-19(24-13-10-14-4-2-3-5-17(14)24)23-12-11-22-18(25)15-6-8-16(20)9-7-15/h2-9H,10-13H2,1H3,(H,21,23)(H,22,25). The Morgan fingerprint density at radius 3 is 2.60 bits per heavy atom. The van der Waals surface area contributed by atoms with Gasteiger partial charge in [-0.3, -0.25) is 9.79 Å². The normalized spacial score (nSPS) is 13.5. The Labute approximate surface area is 156 Å². The van der Waals surface area contributed by atoms with Crippen molar-refractivity contribution in [2.75, 3.05) is 31.6 Å². The molecular formula is C19H21BrN4O. The molecule has 2 N–H and O–H groups in total. The summed E-state index contributed by atoms with van der Waals surface area (Å²) in [7, 11) is 1.78. The number of hydrogen-bond donors (Lipinski definition) is 2. The molecule has 1 heterocycles. The quantitative estimate of drug-likeness (QED) is 0.471. The molecule has 5 nitrogen and oxygen atoms in total. The fourth-order valence-electron chi connectivity index (χ4n) is 2.91. The lowest BCUT2D eigenvalue weighted by atomic mass is 10.2. The molecule has 0 spiro atoms. The van der Waals surface area contributed by atoms with Gasteiger partial charge in [0.25, 0.3) is 5.91 Å². The lowest BCUT2D eigenvalue weighted by Gasteiger charge is -2.22. The van der Waals surface area contributed by atoms with E-state index in [4.69, 9.17) is 0 Å². The van der Waals surface area contributed by atoms with Gasteiger partial charge in [-0.25, -0.2) is 0 Å². The van der Waals surface area contributed by atoms with Gasteiger partial charge in [0, 0.05) is 42.4 Å². The van der Waals surface area contributed by atoms with Gasteiger partial charge >= 0.3 is 0 Å². The van der Waals surface area contributed by atoms with Crippen LogP contribution in [0.15, 0.2) is 58.0 Å². The largest absolute Gasteiger partial charge is 0.354 e. The second-order valence-electron chi connectivity index (χ2n) is 5.77. The molecule has 0 radical (unpaired) electrons. The number of halogens is 1. The number of hydrogen-bond acceptors (Lipinski definition) is 2. The smallest absolute Gasteiger partial charge is 0.251 e. The Bertz CT molecular complexity index is 773. The first-order valence-corrected chi connectivity index (χ1v) is 9.08. The van der Waals surface area contributed by atoms with Crippen molar-refractivity contribution in [3.63, 3.8) is 0 Å². The summed E-state index contributed by atoms with van der Waals surface area (Å²) >= 11 is 3.37. The van der Waals surface area contributed by atoms with Crippen LogP contribution in [0.4, 0.5) is 5.69 Å². The zero-order valence-corrected chi connectivity index (χ0v) is 15.7. The topological polar surface area (TPSA) is 56.7 Å². The van der Waals surface area contributed by atoms with Gasteiger partial charge in [-0.1, -0.05) is 34.1 Å². The minimum atomic E-state index is -0.0733. The zero-order chi connectivity index (χ0) is 17.6. The van der Waals surface area contributed by atoms with E-state index in [0.717, 1.165) is 23.4 Å². The summed E-state index contributed by atoms with van der Waals surface area (Å²) in [5.41, 5.74) is 3.20.